The van der Waals surface area contributed by atoms with Gasteiger partial charge < -0.3 is 14.6 Å². The molecule has 2 aromatic rings. The Morgan fingerprint density at radius 3 is 2.88 bits per heavy atom. The van der Waals surface area contributed by atoms with Gasteiger partial charge in [-0.1, -0.05) is 18.2 Å². The van der Waals surface area contributed by atoms with E-state index in [0.29, 0.717) is 0 Å². The molecular formula is C20H29N3O. The fourth-order valence-corrected chi connectivity index (χ4v) is 4.35. The normalized spacial score (nSPS) is 25.0. The Hall–Kier alpha value is -1.36. The van der Waals surface area contributed by atoms with Crippen molar-refractivity contribution in [3.05, 3.63) is 36.0 Å². The number of likely N-dealkylation sites (tertiary alicyclic amines) is 1. The Kier molecular flexibility index (Phi) is 4.37. The van der Waals surface area contributed by atoms with E-state index in [1.54, 1.807) is 0 Å². The Labute approximate surface area is 144 Å². The minimum atomic E-state index is 0.118. The van der Waals surface area contributed by atoms with Crippen molar-refractivity contribution in [1.82, 2.24) is 14.8 Å². The molecule has 1 aromatic heterocycles. The molecule has 0 unspecified atom stereocenters. The first-order valence-electron chi connectivity index (χ1n) is 9.31. The average Bonchev–Trinajstić information content (AvgIpc) is 3.13. The van der Waals surface area contributed by atoms with Crippen LogP contribution in [0.4, 0.5) is 0 Å². The van der Waals surface area contributed by atoms with Crippen LogP contribution in [0.3, 0.4) is 0 Å². The predicted octanol–water partition coefficient (Wildman–Crippen LogP) is 3.24. The Balaban J connectivity index is 1.33. The number of rotatable bonds is 4. The van der Waals surface area contributed by atoms with Crippen LogP contribution in [-0.4, -0.2) is 59.8 Å². The first-order valence-corrected chi connectivity index (χ1v) is 9.31. The molecule has 1 atom stereocenters. The van der Waals surface area contributed by atoms with E-state index < -0.39 is 0 Å². The summed E-state index contributed by atoms with van der Waals surface area (Å²) >= 11 is 0. The third kappa shape index (κ3) is 3.10. The van der Waals surface area contributed by atoms with Crippen LogP contribution in [0, 0.1) is 0 Å². The number of nitrogens with one attached hydrogen (secondary N) is 1. The van der Waals surface area contributed by atoms with Crippen molar-refractivity contribution in [3.63, 3.8) is 0 Å². The van der Waals surface area contributed by atoms with Crippen molar-refractivity contribution in [3.8, 4) is 0 Å². The van der Waals surface area contributed by atoms with E-state index in [4.69, 9.17) is 4.74 Å². The van der Waals surface area contributed by atoms with Crippen LogP contribution < -0.4 is 0 Å². The monoisotopic (exact) mass is 327 g/mol. The van der Waals surface area contributed by atoms with Crippen LogP contribution in [0.2, 0.25) is 0 Å². The number of piperidine rings is 1. The first kappa shape index (κ1) is 16.1. The van der Waals surface area contributed by atoms with Crippen LogP contribution in [-0.2, 0) is 11.2 Å². The van der Waals surface area contributed by atoms with Gasteiger partial charge in [-0.3, -0.25) is 4.90 Å². The van der Waals surface area contributed by atoms with Gasteiger partial charge in [0.15, 0.2) is 0 Å². The summed E-state index contributed by atoms with van der Waals surface area (Å²) in [5.41, 5.74) is 2.80. The molecule has 2 fully saturated rings. The SMILES string of the molecule is C[C@@H]1OC2(CCN(C)CC2)CN1CCCc1c[nH]c2ccccc12. The van der Waals surface area contributed by atoms with E-state index in [1.165, 1.54) is 35.7 Å². The third-order valence-corrected chi connectivity index (χ3v) is 5.89. The molecule has 24 heavy (non-hydrogen) atoms. The maximum Gasteiger partial charge on any atom is 0.108 e. The molecule has 2 saturated heterocycles. The van der Waals surface area contributed by atoms with Gasteiger partial charge in [0.25, 0.3) is 0 Å². The number of aryl methyl sites for hydroxylation is 1. The van der Waals surface area contributed by atoms with Crippen molar-refractivity contribution in [2.24, 2.45) is 0 Å². The lowest BCUT2D eigenvalue weighted by Crippen LogP contribution is -2.45. The highest BCUT2D eigenvalue weighted by molar-refractivity contribution is 5.82. The third-order valence-electron chi connectivity index (χ3n) is 5.89. The van der Waals surface area contributed by atoms with Gasteiger partial charge in [0.2, 0.25) is 0 Å². The number of nitrogens with zero attached hydrogens (tertiary/aromatic N) is 2. The van der Waals surface area contributed by atoms with Crippen LogP contribution in [0.15, 0.2) is 30.5 Å². The maximum absolute atomic E-state index is 6.40. The summed E-state index contributed by atoms with van der Waals surface area (Å²) < 4.78 is 6.40. The fourth-order valence-electron chi connectivity index (χ4n) is 4.35. The number of para-hydroxylation sites is 1. The smallest absolute Gasteiger partial charge is 0.108 e. The number of benzene rings is 1. The highest BCUT2D eigenvalue weighted by Crippen LogP contribution is 2.35. The highest BCUT2D eigenvalue weighted by atomic mass is 16.5. The molecule has 0 amide bonds. The minimum Gasteiger partial charge on any atom is -0.361 e. The Morgan fingerprint density at radius 1 is 1.25 bits per heavy atom. The number of fused-ring (bicyclic) bond motifs is 1. The van der Waals surface area contributed by atoms with Crippen molar-refractivity contribution in [1.29, 1.82) is 0 Å². The van der Waals surface area contributed by atoms with E-state index in [2.05, 4.69) is 59.2 Å². The number of hydrogen-bond donors (Lipinski definition) is 1. The summed E-state index contributed by atoms with van der Waals surface area (Å²) in [6.45, 7) is 6.78. The van der Waals surface area contributed by atoms with Crippen LogP contribution >= 0.6 is 0 Å². The lowest BCUT2D eigenvalue weighted by Gasteiger charge is -2.36. The number of ether oxygens (including phenoxy) is 1. The van der Waals surface area contributed by atoms with Crippen LogP contribution in [0.5, 0.6) is 0 Å². The maximum atomic E-state index is 6.40. The zero-order valence-corrected chi connectivity index (χ0v) is 14.9. The lowest BCUT2D eigenvalue weighted by atomic mass is 9.91. The van der Waals surface area contributed by atoms with Gasteiger partial charge in [-0.25, -0.2) is 0 Å². The number of H-pyrrole nitrogens is 1. The second kappa shape index (κ2) is 6.51. The van der Waals surface area contributed by atoms with Crippen LogP contribution in [0.25, 0.3) is 10.9 Å². The molecule has 0 radical (unpaired) electrons. The summed E-state index contributed by atoms with van der Waals surface area (Å²) in [7, 11) is 2.21. The van der Waals surface area contributed by atoms with E-state index in [1.807, 2.05) is 0 Å². The zero-order valence-electron chi connectivity index (χ0n) is 14.9. The molecule has 3 heterocycles. The molecule has 4 rings (SSSR count). The van der Waals surface area contributed by atoms with E-state index in [-0.39, 0.29) is 11.8 Å². The molecule has 0 aliphatic carbocycles. The molecule has 2 aliphatic rings. The fraction of sp³-hybridized carbons (Fsp3) is 0.600. The predicted molar refractivity (Wildman–Crippen MR) is 98.2 cm³/mol. The lowest BCUT2D eigenvalue weighted by molar-refractivity contribution is -0.0745. The molecule has 130 valence electrons. The van der Waals surface area contributed by atoms with E-state index in [9.17, 15) is 0 Å². The van der Waals surface area contributed by atoms with Gasteiger partial charge in [0, 0.05) is 43.3 Å². The molecule has 4 nitrogen and oxygen atoms in total. The molecule has 2 aliphatic heterocycles. The van der Waals surface area contributed by atoms with Crippen molar-refractivity contribution in [2.45, 2.75) is 44.4 Å². The summed E-state index contributed by atoms with van der Waals surface area (Å²) in [6.07, 6.45) is 7.09. The second-order valence-electron chi connectivity index (χ2n) is 7.64. The largest absolute Gasteiger partial charge is 0.361 e. The summed E-state index contributed by atoms with van der Waals surface area (Å²) in [5, 5.41) is 1.37. The molecule has 1 spiro atoms. The van der Waals surface area contributed by atoms with Crippen LogP contribution in [0.1, 0.15) is 31.7 Å². The van der Waals surface area contributed by atoms with Gasteiger partial charge in [0.05, 0.1) is 5.60 Å². The van der Waals surface area contributed by atoms with Crippen molar-refractivity contribution >= 4 is 10.9 Å². The standard InChI is InChI=1S/C20H29N3O/c1-16-23(15-20(24-16)9-12-22(2)13-10-20)11-5-6-17-14-21-19-8-4-3-7-18(17)19/h3-4,7-8,14,16,21H,5-6,9-13,15H2,1-2H3/t16-/m0/s1. The van der Waals surface area contributed by atoms with Crippen molar-refractivity contribution in [2.75, 3.05) is 33.2 Å². The number of aromatic amines is 1. The van der Waals surface area contributed by atoms with E-state index in [0.717, 1.165) is 32.6 Å². The minimum absolute atomic E-state index is 0.118. The molecule has 0 saturated carbocycles. The summed E-state index contributed by atoms with van der Waals surface area (Å²) in [5.74, 6) is 0. The topological polar surface area (TPSA) is 31.5 Å². The Bertz CT molecular complexity index is 687. The molecule has 1 aromatic carbocycles. The summed E-state index contributed by atoms with van der Waals surface area (Å²) in [4.78, 5) is 8.34. The number of hydrogen-bond acceptors (Lipinski definition) is 3. The van der Waals surface area contributed by atoms with Gasteiger partial charge in [-0.05, 0) is 51.3 Å². The van der Waals surface area contributed by atoms with Gasteiger partial charge in [-0.15, -0.1) is 0 Å². The second-order valence-corrected chi connectivity index (χ2v) is 7.64. The highest BCUT2D eigenvalue weighted by Gasteiger charge is 2.44. The van der Waals surface area contributed by atoms with Gasteiger partial charge in [-0.2, -0.15) is 0 Å². The molecule has 0 bridgehead atoms. The molecular weight excluding hydrogens is 298 g/mol. The Morgan fingerprint density at radius 2 is 2.04 bits per heavy atom. The number of aromatic nitrogens is 1. The van der Waals surface area contributed by atoms with Gasteiger partial charge in [0.1, 0.15) is 6.23 Å². The molecule has 4 heteroatoms. The average molecular weight is 327 g/mol. The zero-order chi connectivity index (χ0) is 16.6. The van der Waals surface area contributed by atoms with E-state index >= 15 is 0 Å². The summed E-state index contributed by atoms with van der Waals surface area (Å²) in [6, 6.07) is 8.59. The molecule has 1 N–H and O–H groups in total. The first-order chi connectivity index (χ1) is 11.7. The quantitative estimate of drug-likeness (QED) is 0.935. The van der Waals surface area contributed by atoms with Crippen molar-refractivity contribution < 1.29 is 4.74 Å². The van der Waals surface area contributed by atoms with Gasteiger partial charge >= 0.3 is 0 Å².